The summed E-state index contributed by atoms with van der Waals surface area (Å²) in [4.78, 5) is 31.0. The van der Waals surface area contributed by atoms with Gasteiger partial charge in [0, 0.05) is 0 Å². The summed E-state index contributed by atoms with van der Waals surface area (Å²) < 4.78 is 18.3. The van der Waals surface area contributed by atoms with Crippen LogP contribution in [-0.4, -0.2) is 64.0 Å². The summed E-state index contributed by atoms with van der Waals surface area (Å²) in [6.45, 7) is 1.96. The van der Waals surface area contributed by atoms with E-state index in [1.165, 1.54) is 10.9 Å². The molecule has 0 amide bonds. The fraction of sp³-hybridized carbons (Fsp3) is 0.421. The lowest BCUT2D eigenvalue weighted by Gasteiger charge is -2.18. The minimum absolute atomic E-state index is 0.0481. The SMILES string of the molecule is C[C@H](Nc1nc(Cl)nc2c1ncn2C1OC(CCP(=O)(O)O)C(O)C1O)c1ccccc1. The van der Waals surface area contributed by atoms with Crippen LogP contribution in [-0.2, 0) is 9.30 Å². The van der Waals surface area contributed by atoms with Crippen LogP contribution in [0.2, 0.25) is 5.28 Å². The van der Waals surface area contributed by atoms with E-state index in [4.69, 9.17) is 26.1 Å². The first-order valence-corrected chi connectivity index (χ1v) is 12.1. The van der Waals surface area contributed by atoms with Crippen LogP contribution in [0.3, 0.4) is 0 Å². The van der Waals surface area contributed by atoms with Crippen molar-refractivity contribution in [3.05, 3.63) is 47.5 Å². The number of benzene rings is 1. The predicted molar refractivity (Wildman–Crippen MR) is 116 cm³/mol. The van der Waals surface area contributed by atoms with Crippen LogP contribution in [0.15, 0.2) is 36.7 Å². The molecule has 2 aromatic heterocycles. The van der Waals surface area contributed by atoms with E-state index >= 15 is 0 Å². The van der Waals surface area contributed by atoms with Crippen molar-refractivity contribution >= 4 is 36.2 Å². The molecular formula is C19H23ClN5O6P. The van der Waals surface area contributed by atoms with E-state index in [9.17, 15) is 14.8 Å². The van der Waals surface area contributed by atoms with Gasteiger partial charge >= 0.3 is 7.60 Å². The van der Waals surface area contributed by atoms with Crippen molar-refractivity contribution in [2.75, 3.05) is 11.5 Å². The zero-order valence-electron chi connectivity index (χ0n) is 17.0. The van der Waals surface area contributed by atoms with E-state index in [0.717, 1.165) is 5.56 Å². The highest BCUT2D eigenvalue weighted by Crippen LogP contribution is 2.39. The highest BCUT2D eigenvalue weighted by atomic mass is 35.5. The maximum Gasteiger partial charge on any atom is 0.325 e. The van der Waals surface area contributed by atoms with Crippen LogP contribution < -0.4 is 5.32 Å². The van der Waals surface area contributed by atoms with Gasteiger partial charge in [0.1, 0.15) is 12.2 Å². The van der Waals surface area contributed by atoms with E-state index in [1.54, 1.807) is 0 Å². The first-order chi connectivity index (χ1) is 15.1. The third-order valence-electron chi connectivity index (χ3n) is 5.36. The molecule has 1 aromatic carbocycles. The summed E-state index contributed by atoms with van der Waals surface area (Å²) in [6, 6.07) is 9.61. The van der Waals surface area contributed by atoms with Crippen LogP contribution in [0, 0.1) is 0 Å². The van der Waals surface area contributed by atoms with Gasteiger partial charge in [-0.05, 0) is 30.5 Å². The zero-order valence-corrected chi connectivity index (χ0v) is 18.6. The number of hydrogen-bond donors (Lipinski definition) is 5. The largest absolute Gasteiger partial charge is 0.388 e. The monoisotopic (exact) mass is 483 g/mol. The second kappa shape index (κ2) is 9.03. The van der Waals surface area contributed by atoms with Gasteiger partial charge < -0.3 is 30.1 Å². The molecule has 3 heterocycles. The lowest BCUT2D eigenvalue weighted by Crippen LogP contribution is -2.31. The Morgan fingerprint density at radius 2 is 1.94 bits per heavy atom. The zero-order chi connectivity index (χ0) is 23.0. The first kappa shape index (κ1) is 23.1. The third kappa shape index (κ3) is 4.79. The lowest BCUT2D eigenvalue weighted by molar-refractivity contribution is -0.0355. The van der Waals surface area contributed by atoms with Crippen LogP contribution in [0.4, 0.5) is 5.82 Å². The average molecular weight is 484 g/mol. The number of hydrogen-bond acceptors (Lipinski definition) is 8. The normalized spacial score (nSPS) is 24.7. The van der Waals surface area contributed by atoms with Gasteiger partial charge in [-0.15, -0.1) is 0 Å². The number of aromatic nitrogens is 4. The molecule has 4 unspecified atom stereocenters. The van der Waals surface area contributed by atoms with Gasteiger partial charge in [-0.2, -0.15) is 9.97 Å². The summed E-state index contributed by atoms with van der Waals surface area (Å²) in [7, 11) is -4.27. The Morgan fingerprint density at radius 1 is 1.22 bits per heavy atom. The molecular weight excluding hydrogens is 461 g/mol. The Bertz CT molecular complexity index is 1140. The molecule has 3 aromatic rings. The number of aliphatic hydroxyl groups is 2. The molecule has 11 nitrogen and oxygen atoms in total. The smallest absolute Gasteiger partial charge is 0.325 e. The maximum absolute atomic E-state index is 11.2. The minimum Gasteiger partial charge on any atom is -0.388 e. The summed E-state index contributed by atoms with van der Waals surface area (Å²) in [5.74, 6) is 0.390. The first-order valence-electron chi connectivity index (χ1n) is 9.92. The quantitative estimate of drug-likeness (QED) is 0.247. The Hall–Kier alpha value is -2.11. The highest BCUT2D eigenvalue weighted by Gasteiger charge is 2.44. The summed E-state index contributed by atoms with van der Waals surface area (Å²) in [5, 5.41) is 24.0. The summed E-state index contributed by atoms with van der Waals surface area (Å²) in [5.41, 5.74) is 1.70. The topological polar surface area (TPSA) is 163 Å². The van der Waals surface area contributed by atoms with Crippen molar-refractivity contribution in [3.8, 4) is 0 Å². The van der Waals surface area contributed by atoms with Crippen molar-refractivity contribution in [2.24, 2.45) is 0 Å². The van der Waals surface area contributed by atoms with Gasteiger partial charge in [0.05, 0.1) is 24.6 Å². The Labute approximate surface area is 188 Å². The minimum atomic E-state index is -4.27. The molecule has 0 radical (unpaired) electrons. The molecule has 5 atom stereocenters. The number of rotatable bonds is 7. The van der Waals surface area contributed by atoms with Crippen LogP contribution in [0.5, 0.6) is 0 Å². The van der Waals surface area contributed by atoms with E-state index in [-0.39, 0.29) is 23.4 Å². The van der Waals surface area contributed by atoms with Gasteiger partial charge in [-0.3, -0.25) is 9.13 Å². The molecule has 32 heavy (non-hydrogen) atoms. The van der Waals surface area contributed by atoms with E-state index in [0.29, 0.717) is 11.3 Å². The molecule has 172 valence electrons. The second-order valence-corrected chi connectivity index (χ2v) is 9.78. The molecule has 13 heteroatoms. The van der Waals surface area contributed by atoms with Crippen molar-refractivity contribution in [2.45, 2.75) is 43.9 Å². The number of halogens is 1. The van der Waals surface area contributed by atoms with E-state index in [1.807, 2.05) is 37.3 Å². The van der Waals surface area contributed by atoms with Gasteiger partial charge in [0.25, 0.3) is 0 Å². The van der Waals surface area contributed by atoms with Crippen molar-refractivity contribution in [1.29, 1.82) is 0 Å². The number of imidazole rings is 1. The van der Waals surface area contributed by atoms with Gasteiger partial charge in [-0.25, -0.2) is 4.98 Å². The van der Waals surface area contributed by atoms with Crippen molar-refractivity contribution in [3.63, 3.8) is 0 Å². The number of nitrogens with one attached hydrogen (secondary N) is 1. The average Bonchev–Trinajstić information content (AvgIpc) is 3.28. The van der Waals surface area contributed by atoms with Crippen LogP contribution in [0.25, 0.3) is 11.2 Å². The number of ether oxygens (including phenoxy) is 1. The van der Waals surface area contributed by atoms with E-state index in [2.05, 4.69) is 20.3 Å². The number of anilines is 1. The molecule has 0 aliphatic carbocycles. The molecule has 4 rings (SSSR count). The number of fused-ring (bicyclic) bond motifs is 1. The van der Waals surface area contributed by atoms with Crippen LogP contribution >= 0.6 is 19.2 Å². The van der Waals surface area contributed by atoms with Crippen molar-refractivity contribution < 1.29 is 29.3 Å². The Balaban J connectivity index is 1.61. The third-order valence-corrected chi connectivity index (χ3v) is 6.37. The molecule has 1 fully saturated rings. The summed E-state index contributed by atoms with van der Waals surface area (Å²) in [6.07, 6.45) is -3.93. The van der Waals surface area contributed by atoms with Gasteiger partial charge in [-0.1, -0.05) is 30.3 Å². The van der Waals surface area contributed by atoms with Crippen LogP contribution in [0.1, 0.15) is 31.2 Å². The number of nitrogens with zero attached hydrogens (tertiary/aromatic N) is 4. The number of aliphatic hydroxyl groups excluding tert-OH is 2. The maximum atomic E-state index is 11.2. The fourth-order valence-electron chi connectivity index (χ4n) is 3.70. The summed E-state index contributed by atoms with van der Waals surface area (Å²) >= 11 is 6.14. The molecule has 1 aliphatic heterocycles. The standard InChI is InChI=1S/C19H23ClN5O6P/c1-10(11-5-3-2-4-6-11)22-16-13-17(24-19(20)23-16)25(9-21-13)18-15(27)14(26)12(31-18)7-8-32(28,29)30/h2-6,9-10,12,14-15,18,26-27H,7-8H2,1H3,(H,22,23,24)(H2,28,29,30)/t10-,12?,14?,15?,18?/m0/s1. The molecule has 5 N–H and O–H groups in total. The lowest BCUT2D eigenvalue weighted by atomic mass is 10.1. The van der Waals surface area contributed by atoms with Crippen molar-refractivity contribution in [1.82, 2.24) is 19.5 Å². The Kier molecular flexibility index (Phi) is 6.51. The van der Waals surface area contributed by atoms with E-state index < -0.39 is 38.3 Å². The molecule has 1 saturated heterocycles. The molecule has 0 bridgehead atoms. The molecule has 1 aliphatic rings. The molecule has 0 saturated carbocycles. The highest BCUT2D eigenvalue weighted by molar-refractivity contribution is 7.51. The predicted octanol–water partition coefficient (Wildman–Crippen LogP) is 1.84. The fourth-order valence-corrected chi connectivity index (χ4v) is 4.46. The molecule has 0 spiro atoms. The van der Waals surface area contributed by atoms with Gasteiger partial charge in [0.2, 0.25) is 5.28 Å². The van der Waals surface area contributed by atoms with Gasteiger partial charge in [0.15, 0.2) is 23.2 Å². The Morgan fingerprint density at radius 3 is 2.62 bits per heavy atom. The second-order valence-electron chi connectivity index (χ2n) is 7.67.